The molecule has 20 heavy (non-hydrogen) atoms. The van der Waals surface area contributed by atoms with Crippen LogP contribution in [0.2, 0.25) is 0 Å². The van der Waals surface area contributed by atoms with Crippen molar-refractivity contribution < 1.29 is 9.53 Å². The van der Waals surface area contributed by atoms with Gasteiger partial charge in [-0.15, -0.1) is 11.3 Å². The predicted octanol–water partition coefficient (Wildman–Crippen LogP) is 4.38. The summed E-state index contributed by atoms with van der Waals surface area (Å²) >= 11 is 8.42. The van der Waals surface area contributed by atoms with Gasteiger partial charge in [-0.05, 0) is 35.0 Å². The van der Waals surface area contributed by atoms with Crippen LogP contribution in [0.5, 0.6) is 0 Å². The van der Waals surface area contributed by atoms with Crippen LogP contribution in [0.25, 0.3) is 0 Å². The fourth-order valence-electron chi connectivity index (χ4n) is 1.69. The van der Waals surface area contributed by atoms with E-state index < -0.39 is 0 Å². The summed E-state index contributed by atoms with van der Waals surface area (Å²) in [5.41, 5.74) is 4.00. The average Bonchev–Trinajstić information content (AvgIpc) is 2.81. The van der Waals surface area contributed by atoms with Crippen molar-refractivity contribution in [2.24, 2.45) is 0 Å². The smallest absolute Gasteiger partial charge is 0.340 e. The summed E-state index contributed by atoms with van der Waals surface area (Å²) in [6.07, 6.45) is 0. The summed E-state index contributed by atoms with van der Waals surface area (Å²) in [5.74, 6) is -0.379. The Kier molecular flexibility index (Phi) is 5.17. The Morgan fingerprint density at radius 1 is 1.45 bits per heavy atom. The number of nitrogens with one attached hydrogen (secondary N) is 1. The summed E-state index contributed by atoms with van der Waals surface area (Å²) in [6.45, 7) is 2.58. The number of thiazole rings is 1. The number of benzene rings is 1. The second-order valence-corrected chi connectivity index (χ2v) is 6.73. The van der Waals surface area contributed by atoms with E-state index in [0.29, 0.717) is 17.8 Å². The Labute approximate surface area is 137 Å². The third-order valence-corrected chi connectivity index (χ3v) is 4.75. The van der Waals surface area contributed by atoms with Crippen molar-refractivity contribution in [1.29, 1.82) is 0 Å². The number of esters is 1. The second-order valence-electron chi connectivity index (χ2n) is 4.02. The highest BCUT2D eigenvalue weighted by molar-refractivity contribution is 9.11. The lowest BCUT2D eigenvalue weighted by atomic mass is 10.1. The van der Waals surface area contributed by atoms with Crippen LogP contribution in [0, 0.1) is 6.92 Å². The van der Waals surface area contributed by atoms with Crippen LogP contribution in [0.3, 0.4) is 0 Å². The van der Waals surface area contributed by atoms with E-state index >= 15 is 0 Å². The number of hydrogen-bond donors (Lipinski definition) is 1. The van der Waals surface area contributed by atoms with Crippen molar-refractivity contribution in [3.8, 4) is 0 Å². The van der Waals surface area contributed by atoms with E-state index in [-0.39, 0.29) is 5.97 Å². The van der Waals surface area contributed by atoms with Crippen LogP contribution in [-0.4, -0.2) is 18.1 Å². The number of rotatable bonds is 4. The van der Waals surface area contributed by atoms with Gasteiger partial charge >= 0.3 is 5.97 Å². The van der Waals surface area contributed by atoms with E-state index in [1.165, 1.54) is 7.11 Å². The van der Waals surface area contributed by atoms with Gasteiger partial charge in [-0.3, -0.25) is 0 Å². The number of aromatic nitrogens is 1. The molecule has 2 aromatic rings. The van der Waals surface area contributed by atoms with Gasteiger partial charge in [0.15, 0.2) is 0 Å². The molecule has 1 aromatic heterocycles. The number of anilines is 1. The number of carbonyl (C=O) groups excluding carboxylic acids is 1. The van der Waals surface area contributed by atoms with E-state index in [1.807, 2.05) is 18.5 Å². The molecule has 0 radical (unpaired) electrons. The van der Waals surface area contributed by atoms with Crippen LogP contribution in [-0.2, 0) is 11.3 Å². The normalized spacial score (nSPS) is 10.4. The number of ether oxygens (including phenoxy) is 1. The molecular formula is C13H12Br2N2O2S. The molecule has 0 saturated heterocycles. The average molecular weight is 420 g/mol. The molecule has 1 heterocycles. The summed E-state index contributed by atoms with van der Waals surface area (Å²) in [6, 6.07) is 3.62. The van der Waals surface area contributed by atoms with Crippen molar-refractivity contribution in [2.45, 2.75) is 13.5 Å². The molecular weight excluding hydrogens is 408 g/mol. The molecule has 0 aliphatic rings. The van der Waals surface area contributed by atoms with Gasteiger partial charge in [0.1, 0.15) is 0 Å². The standard InChI is InChI=1S/C13H12Br2N2O2S/c1-7-11(20-6-17-7)5-16-12-9(13(18)19-2)3-8(14)4-10(12)15/h3-4,6,16H,5H2,1-2H3. The van der Waals surface area contributed by atoms with E-state index in [0.717, 1.165) is 19.5 Å². The van der Waals surface area contributed by atoms with E-state index in [1.54, 1.807) is 17.4 Å². The Morgan fingerprint density at radius 2 is 2.20 bits per heavy atom. The van der Waals surface area contributed by atoms with Crippen LogP contribution < -0.4 is 5.32 Å². The van der Waals surface area contributed by atoms with Gasteiger partial charge in [-0.25, -0.2) is 9.78 Å². The lowest BCUT2D eigenvalue weighted by Crippen LogP contribution is -2.09. The monoisotopic (exact) mass is 418 g/mol. The molecule has 0 aliphatic heterocycles. The van der Waals surface area contributed by atoms with Crippen LogP contribution in [0.15, 0.2) is 26.6 Å². The van der Waals surface area contributed by atoms with E-state index in [2.05, 4.69) is 42.2 Å². The summed E-state index contributed by atoms with van der Waals surface area (Å²) in [5, 5.41) is 3.27. The lowest BCUT2D eigenvalue weighted by Gasteiger charge is -2.13. The number of methoxy groups -OCH3 is 1. The second kappa shape index (κ2) is 6.69. The Bertz CT molecular complexity index is 643. The van der Waals surface area contributed by atoms with Gasteiger partial charge in [-0.2, -0.15) is 0 Å². The molecule has 0 fully saturated rings. The molecule has 0 bridgehead atoms. The van der Waals surface area contributed by atoms with Gasteiger partial charge in [0.25, 0.3) is 0 Å². The highest BCUT2D eigenvalue weighted by Gasteiger charge is 2.16. The van der Waals surface area contributed by atoms with Gasteiger partial charge in [0.2, 0.25) is 0 Å². The molecule has 0 amide bonds. The number of nitrogens with zero attached hydrogens (tertiary/aromatic N) is 1. The van der Waals surface area contributed by atoms with Gasteiger partial charge in [-0.1, -0.05) is 15.9 Å². The molecule has 0 aliphatic carbocycles. The maximum Gasteiger partial charge on any atom is 0.340 e. The lowest BCUT2D eigenvalue weighted by molar-refractivity contribution is 0.0601. The van der Waals surface area contributed by atoms with E-state index in [9.17, 15) is 4.79 Å². The zero-order chi connectivity index (χ0) is 14.7. The van der Waals surface area contributed by atoms with E-state index in [4.69, 9.17) is 4.74 Å². The van der Waals surface area contributed by atoms with Gasteiger partial charge < -0.3 is 10.1 Å². The minimum atomic E-state index is -0.379. The molecule has 7 heteroatoms. The maximum atomic E-state index is 11.9. The third-order valence-electron chi connectivity index (χ3n) is 2.73. The molecule has 1 aromatic carbocycles. The molecule has 0 unspecified atom stereocenters. The molecule has 2 rings (SSSR count). The fourth-order valence-corrected chi connectivity index (χ4v) is 3.77. The number of carbonyl (C=O) groups is 1. The summed E-state index contributed by atoms with van der Waals surface area (Å²) in [7, 11) is 1.37. The van der Waals surface area contributed by atoms with Crippen molar-refractivity contribution >= 4 is 54.9 Å². The van der Waals surface area contributed by atoms with Crippen LogP contribution in [0.1, 0.15) is 20.9 Å². The third kappa shape index (κ3) is 3.39. The van der Waals surface area contributed by atoms with Crippen molar-refractivity contribution in [3.05, 3.63) is 42.7 Å². The zero-order valence-electron chi connectivity index (χ0n) is 10.9. The summed E-state index contributed by atoms with van der Waals surface area (Å²) in [4.78, 5) is 17.2. The minimum absolute atomic E-state index is 0.379. The molecule has 0 atom stereocenters. The SMILES string of the molecule is COC(=O)c1cc(Br)cc(Br)c1NCc1scnc1C. The zero-order valence-corrected chi connectivity index (χ0v) is 14.9. The molecule has 4 nitrogen and oxygen atoms in total. The number of aryl methyl sites for hydroxylation is 1. The quantitative estimate of drug-likeness (QED) is 0.747. The highest BCUT2D eigenvalue weighted by atomic mass is 79.9. The first-order valence-corrected chi connectivity index (χ1v) is 8.19. The maximum absolute atomic E-state index is 11.9. The Hall–Kier alpha value is -0.920. The van der Waals surface area contributed by atoms with Crippen molar-refractivity contribution in [1.82, 2.24) is 4.98 Å². The van der Waals surface area contributed by atoms with Crippen molar-refractivity contribution in [2.75, 3.05) is 12.4 Å². The first-order chi connectivity index (χ1) is 9.52. The first-order valence-electron chi connectivity index (χ1n) is 5.73. The van der Waals surface area contributed by atoms with Crippen molar-refractivity contribution in [3.63, 3.8) is 0 Å². The fraction of sp³-hybridized carbons (Fsp3) is 0.231. The highest BCUT2D eigenvalue weighted by Crippen LogP contribution is 2.32. The molecule has 0 spiro atoms. The van der Waals surface area contributed by atoms with Gasteiger partial charge in [0, 0.05) is 13.8 Å². The predicted molar refractivity (Wildman–Crippen MR) is 87.4 cm³/mol. The molecule has 0 saturated carbocycles. The Morgan fingerprint density at radius 3 is 2.80 bits per heavy atom. The minimum Gasteiger partial charge on any atom is -0.465 e. The Balaban J connectivity index is 2.30. The largest absolute Gasteiger partial charge is 0.465 e. The van der Waals surface area contributed by atoms with Crippen LogP contribution in [0.4, 0.5) is 5.69 Å². The molecule has 1 N–H and O–H groups in total. The first kappa shape index (κ1) is 15.5. The number of halogens is 2. The number of hydrogen-bond acceptors (Lipinski definition) is 5. The molecule has 106 valence electrons. The summed E-state index contributed by atoms with van der Waals surface area (Å²) < 4.78 is 6.43. The van der Waals surface area contributed by atoms with Crippen LogP contribution >= 0.6 is 43.2 Å². The van der Waals surface area contributed by atoms with Gasteiger partial charge in [0.05, 0.1) is 36.1 Å². The topological polar surface area (TPSA) is 51.2 Å².